The highest BCUT2D eigenvalue weighted by Crippen LogP contribution is 2.32. The van der Waals surface area contributed by atoms with E-state index in [1.165, 1.54) is 41.3 Å². The zero-order valence-corrected chi connectivity index (χ0v) is 18.4. The van der Waals surface area contributed by atoms with E-state index in [0.29, 0.717) is 5.69 Å². The minimum atomic E-state index is -3.80. The lowest BCUT2D eigenvalue weighted by atomic mass is 10.2. The Kier molecular flexibility index (Phi) is 7.56. The van der Waals surface area contributed by atoms with Gasteiger partial charge >= 0.3 is 12.1 Å². The van der Waals surface area contributed by atoms with Crippen LogP contribution in [0.15, 0.2) is 78.9 Å². The van der Waals surface area contributed by atoms with E-state index >= 15 is 0 Å². The average molecular weight is 500 g/mol. The van der Waals surface area contributed by atoms with Crippen molar-refractivity contribution >= 4 is 58.1 Å². The van der Waals surface area contributed by atoms with E-state index in [2.05, 4.69) is 10.1 Å². The summed E-state index contributed by atoms with van der Waals surface area (Å²) < 4.78 is 31.7. The number of halogens is 5. The van der Waals surface area contributed by atoms with E-state index in [9.17, 15) is 18.4 Å². The number of amides is 3. The molecule has 3 aromatic carbocycles. The van der Waals surface area contributed by atoms with Gasteiger partial charge in [0.25, 0.3) is 5.91 Å². The van der Waals surface area contributed by atoms with Gasteiger partial charge < -0.3 is 4.74 Å². The number of alkyl halides is 4. The van der Waals surface area contributed by atoms with E-state index in [4.69, 9.17) is 34.8 Å². The standard InChI is InChI=1S/C22H15Cl3F2N2O3/c23-18-9-5-4-8-17(18)19(30)28-21(31)29(14-6-2-1-3-7-14)15-10-12-16(13-11-15)32-22(26,27)20(24)25/h1-13,20H,(H,28,30,31). The molecule has 0 aliphatic rings. The van der Waals surface area contributed by atoms with Crippen LogP contribution in [-0.4, -0.2) is 22.9 Å². The van der Waals surface area contributed by atoms with Gasteiger partial charge in [0.15, 0.2) is 0 Å². The molecule has 0 unspecified atom stereocenters. The van der Waals surface area contributed by atoms with Crippen LogP contribution in [0.5, 0.6) is 5.75 Å². The van der Waals surface area contributed by atoms with E-state index in [1.807, 2.05) is 0 Å². The highest BCUT2D eigenvalue weighted by atomic mass is 35.5. The van der Waals surface area contributed by atoms with Gasteiger partial charge in [-0.1, -0.05) is 65.1 Å². The number of carbonyl (C=O) groups is 2. The van der Waals surface area contributed by atoms with E-state index in [0.717, 1.165) is 0 Å². The van der Waals surface area contributed by atoms with Crippen molar-refractivity contribution < 1.29 is 23.1 Å². The lowest BCUT2D eigenvalue weighted by molar-refractivity contribution is -0.163. The number of anilines is 2. The molecule has 0 aliphatic carbocycles. The summed E-state index contributed by atoms with van der Waals surface area (Å²) in [6.45, 7) is 0. The van der Waals surface area contributed by atoms with E-state index in [1.54, 1.807) is 42.5 Å². The van der Waals surface area contributed by atoms with Crippen LogP contribution in [0, 0.1) is 0 Å². The lowest BCUT2D eigenvalue weighted by Gasteiger charge is -2.24. The number of carbonyl (C=O) groups excluding carboxylic acids is 2. The molecule has 3 rings (SSSR count). The Labute approximate surface area is 197 Å². The Balaban J connectivity index is 1.88. The first kappa shape index (κ1) is 23.8. The van der Waals surface area contributed by atoms with Crippen molar-refractivity contribution in [2.75, 3.05) is 4.90 Å². The summed E-state index contributed by atoms with van der Waals surface area (Å²) in [5.41, 5.74) is 0.834. The molecule has 10 heteroatoms. The van der Waals surface area contributed by atoms with Gasteiger partial charge in [0.2, 0.25) is 4.84 Å². The largest absolute Gasteiger partial charge is 0.431 e. The third-order valence-corrected chi connectivity index (χ3v) is 5.00. The summed E-state index contributed by atoms with van der Waals surface area (Å²) in [5.74, 6) is -0.915. The molecule has 1 N–H and O–H groups in total. The number of nitrogens with zero attached hydrogens (tertiary/aromatic N) is 1. The monoisotopic (exact) mass is 498 g/mol. The second-order valence-electron chi connectivity index (χ2n) is 6.37. The molecule has 0 radical (unpaired) electrons. The predicted octanol–water partition coefficient (Wildman–Crippen LogP) is 6.80. The fourth-order valence-electron chi connectivity index (χ4n) is 2.69. The predicted molar refractivity (Wildman–Crippen MR) is 120 cm³/mol. The molecular weight excluding hydrogens is 485 g/mol. The molecule has 3 amide bonds. The van der Waals surface area contributed by atoms with Crippen molar-refractivity contribution in [2.24, 2.45) is 0 Å². The number of urea groups is 1. The Hall–Kier alpha value is -2.87. The number of nitrogens with one attached hydrogen (secondary N) is 1. The maximum absolute atomic E-state index is 13.6. The minimum Gasteiger partial charge on any atom is -0.431 e. The van der Waals surface area contributed by atoms with Gasteiger partial charge in [0.1, 0.15) is 5.75 Å². The molecule has 0 aliphatic heterocycles. The molecule has 32 heavy (non-hydrogen) atoms. The maximum atomic E-state index is 13.6. The summed E-state index contributed by atoms with van der Waals surface area (Å²) >= 11 is 16.5. The van der Waals surface area contributed by atoms with Crippen molar-refractivity contribution in [3.8, 4) is 5.75 Å². The molecule has 0 bridgehead atoms. The zero-order valence-electron chi connectivity index (χ0n) is 16.1. The lowest BCUT2D eigenvalue weighted by Crippen LogP contribution is -2.40. The first-order valence-corrected chi connectivity index (χ1v) is 10.3. The van der Waals surface area contributed by atoms with Crippen LogP contribution in [0.4, 0.5) is 25.0 Å². The molecule has 166 valence electrons. The number of hydrogen-bond donors (Lipinski definition) is 1. The van der Waals surface area contributed by atoms with Crippen LogP contribution in [0.2, 0.25) is 5.02 Å². The molecule has 0 saturated carbocycles. The highest BCUT2D eigenvalue weighted by molar-refractivity contribution is 6.44. The van der Waals surface area contributed by atoms with Crippen LogP contribution in [-0.2, 0) is 0 Å². The number of ether oxygens (including phenoxy) is 1. The number of benzene rings is 3. The Morgan fingerprint density at radius 1 is 0.875 bits per heavy atom. The zero-order chi connectivity index (χ0) is 23.3. The Bertz CT molecular complexity index is 1100. The van der Waals surface area contributed by atoms with E-state index in [-0.39, 0.29) is 22.0 Å². The normalized spacial score (nSPS) is 11.2. The van der Waals surface area contributed by atoms with Gasteiger partial charge in [0.05, 0.1) is 22.0 Å². The van der Waals surface area contributed by atoms with Gasteiger partial charge in [-0.15, -0.1) is 0 Å². The molecule has 0 fully saturated rings. The van der Waals surface area contributed by atoms with Gasteiger partial charge in [-0.05, 0) is 48.5 Å². The van der Waals surface area contributed by atoms with Crippen molar-refractivity contribution in [1.82, 2.24) is 5.32 Å². The third kappa shape index (κ3) is 5.68. The summed E-state index contributed by atoms with van der Waals surface area (Å²) in [4.78, 5) is 24.7. The molecule has 0 spiro atoms. The highest BCUT2D eigenvalue weighted by Gasteiger charge is 2.40. The van der Waals surface area contributed by atoms with Crippen molar-refractivity contribution in [3.63, 3.8) is 0 Å². The van der Waals surface area contributed by atoms with Crippen molar-refractivity contribution in [3.05, 3.63) is 89.4 Å². The molecule has 0 heterocycles. The van der Waals surface area contributed by atoms with Crippen molar-refractivity contribution in [2.45, 2.75) is 10.9 Å². The SMILES string of the molecule is O=C(NC(=O)N(c1ccccc1)c1ccc(OC(F)(F)C(Cl)Cl)cc1)c1ccccc1Cl. The number of rotatable bonds is 6. The van der Waals surface area contributed by atoms with Crippen LogP contribution < -0.4 is 15.0 Å². The van der Waals surface area contributed by atoms with Gasteiger partial charge in [0, 0.05) is 0 Å². The molecule has 0 atom stereocenters. The van der Waals surface area contributed by atoms with Gasteiger partial charge in [-0.3, -0.25) is 15.0 Å². The molecule has 0 aromatic heterocycles. The molecule has 5 nitrogen and oxygen atoms in total. The second kappa shape index (κ2) is 10.2. The Morgan fingerprint density at radius 3 is 2.03 bits per heavy atom. The molecule has 3 aromatic rings. The first-order valence-electron chi connectivity index (χ1n) is 9.09. The topological polar surface area (TPSA) is 58.6 Å². The number of imide groups is 1. The number of para-hydroxylation sites is 1. The van der Waals surface area contributed by atoms with Gasteiger partial charge in [-0.25, -0.2) is 4.79 Å². The van der Waals surface area contributed by atoms with Gasteiger partial charge in [-0.2, -0.15) is 8.78 Å². The van der Waals surface area contributed by atoms with Crippen LogP contribution in [0.3, 0.4) is 0 Å². The summed E-state index contributed by atoms with van der Waals surface area (Å²) in [7, 11) is 0. The summed E-state index contributed by atoms with van der Waals surface area (Å²) in [5, 5.41) is 2.46. The first-order chi connectivity index (χ1) is 15.2. The van der Waals surface area contributed by atoms with Crippen LogP contribution >= 0.6 is 34.8 Å². The average Bonchev–Trinajstić information content (AvgIpc) is 2.76. The third-order valence-electron chi connectivity index (χ3n) is 4.16. The van der Waals surface area contributed by atoms with Crippen LogP contribution in [0.1, 0.15) is 10.4 Å². The van der Waals surface area contributed by atoms with Crippen molar-refractivity contribution in [1.29, 1.82) is 0 Å². The van der Waals surface area contributed by atoms with E-state index < -0.39 is 22.9 Å². The summed E-state index contributed by atoms with van der Waals surface area (Å²) in [6.07, 6.45) is -3.80. The van der Waals surface area contributed by atoms with Crippen LogP contribution in [0.25, 0.3) is 0 Å². The summed E-state index contributed by atoms with van der Waals surface area (Å²) in [6, 6.07) is 19.1. The minimum absolute atomic E-state index is 0.123. The smallest absolute Gasteiger partial charge is 0.428 e. The maximum Gasteiger partial charge on any atom is 0.428 e. The molecular formula is C22H15Cl3F2N2O3. The second-order valence-corrected chi connectivity index (χ2v) is 7.87. The Morgan fingerprint density at radius 2 is 1.44 bits per heavy atom. The fourth-order valence-corrected chi connectivity index (χ4v) is 3.00. The fraction of sp³-hybridized carbons (Fsp3) is 0.0909. The molecule has 0 saturated heterocycles. The quantitative estimate of drug-likeness (QED) is 0.379. The number of hydrogen-bond acceptors (Lipinski definition) is 3.